The minimum absolute atomic E-state index is 0.128. The summed E-state index contributed by atoms with van der Waals surface area (Å²) in [6.45, 7) is 0.246. The first-order chi connectivity index (χ1) is 11.6. The molecule has 0 aliphatic carbocycles. The van der Waals surface area contributed by atoms with Gasteiger partial charge in [-0.05, 0) is 36.2 Å². The second-order valence-corrected chi connectivity index (χ2v) is 5.87. The highest BCUT2D eigenvalue weighted by Gasteiger charge is 2.35. The summed E-state index contributed by atoms with van der Waals surface area (Å²) in [5.74, 6) is 0.136. The molecule has 0 radical (unpaired) electrons. The van der Waals surface area contributed by atoms with E-state index < -0.39 is 6.10 Å². The van der Waals surface area contributed by atoms with Crippen LogP contribution in [0.2, 0.25) is 0 Å². The number of benzene rings is 1. The Labute approximate surface area is 139 Å². The lowest BCUT2D eigenvalue weighted by atomic mass is 10.0. The molecule has 0 spiro atoms. The van der Waals surface area contributed by atoms with E-state index in [4.69, 9.17) is 4.74 Å². The molecule has 0 saturated carbocycles. The van der Waals surface area contributed by atoms with Crippen molar-refractivity contribution in [3.8, 4) is 5.75 Å². The van der Waals surface area contributed by atoms with Crippen molar-refractivity contribution < 1.29 is 19.0 Å². The minimum Gasteiger partial charge on any atom is -0.495 e. The molecule has 6 heteroatoms. The lowest BCUT2D eigenvalue weighted by molar-refractivity contribution is -0.131. The fourth-order valence-corrected chi connectivity index (χ4v) is 3.01. The van der Waals surface area contributed by atoms with Crippen LogP contribution in [-0.2, 0) is 11.2 Å². The smallest absolute Gasteiger partial charge is 0.229 e. The van der Waals surface area contributed by atoms with Crippen molar-refractivity contribution in [2.24, 2.45) is 0 Å². The van der Waals surface area contributed by atoms with Gasteiger partial charge in [0.15, 0.2) is 0 Å². The molecule has 1 aromatic heterocycles. The summed E-state index contributed by atoms with van der Waals surface area (Å²) in [4.78, 5) is 18.4. The molecule has 24 heavy (non-hydrogen) atoms. The van der Waals surface area contributed by atoms with Crippen molar-refractivity contribution in [2.75, 3.05) is 13.7 Å². The predicted octanol–water partition coefficient (Wildman–Crippen LogP) is 2.11. The first-order valence-electron chi connectivity index (χ1n) is 7.78. The number of carbonyl (C=O) groups excluding carboxylic acids is 1. The maximum absolute atomic E-state index is 13.5. The third-order valence-electron chi connectivity index (χ3n) is 4.20. The van der Waals surface area contributed by atoms with E-state index in [2.05, 4.69) is 4.98 Å². The lowest BCUT2D eigenvalue weighted by Gasteiger charge is -2.24. The van der Waals surface area contributed by atoms with Crippen LogP contribution in [-0.4, -0.2) is 40.7 Å². The van der Waals surface area contributed by atoms with Crippen LogP contribution in [0.1, 0.15) is 23.7 Å². The van der Waals surface area contributed by atoms with Gasteiger partial charge in [-0.1, -0.05) is 12.1 Å². The van der Waals surface area contributed by atoms with Crippen LogP contribution < -0.4 is 4.74 Å². The summed E-state index contributed by atoms with van der Waals surface area (Å²) in [6, 6.07) is 9.33. The average Bonchev–Trinajstić information content (AvgIpc) is 2.98. The number of ether oxygens (including phenoxy) is 1. The van der Waals surface area contributed by atoms with E-state index >= 15 is 0 Å². The Kier molecular flexibility index (Phi) is 4.76. The number of likely N-dealkylation sites (tertiary alicyclic amines) is 1. The Morgan fingerprint density at radius 3 is 2.92 bits per heavy atom. The number of β-amino-alcohol motifs (C(OH)–C–C–N with tert-alkyl or cyclic N) is 1. The number of aliphatic hydroxyl groups excluding tert-OH is 1. The van der Waals surface area contributed by atoms with Crippen LogP contribution in [0, 0.1) is 5.82 Å². The fraction of sp³-hybridized carbons (Fsp3) is 0.333. The maximum atomic E-state index is 13.5. The molecule has 0 unspecified atom stereocenters. The van der Waals surface area contributed by atoms with Gasteiger partial charge in [0.05, 0.1) is 31.9 Å². The van der Waals surface area contributed by atoms with E-state index in [9.17, 15) is 14.3 Å². The molecule has 1 aliphatic rings. The predicted molar refractivity (Wildman–Crippen MR) is 86.0 cm³/mol. The van der Waals surface area contributed by atoms with Gasteiger partial charge in [0.2, 0.25) is 5.91 Å². The molecular weight excluding hydrogens is 311 g/mol. The zero-order chi connectivity index (χ0) is 17.1. The molecule has 3 rings (SSSR count). The second-order valence-electron chi connectivity index (χ2n) is 5.87. The molecule has 1 amide bonds. The van der Waals surface area contributed by atoms with Crippen LogP contribution in [0.3, 0.4) is 0 Å². The highest BCUT2D eigenvalue weighted by molar-refractivity contribution is 5.79. The van der Waals surface area contributed by atoms with Crippen LogP contribution >= 0.6 is 0 Å². The summed E-state index contributed by atoms with van der Waals surface area (Å²) in [5, 5.41) is 9.96. The minimum atomic E-state index is -0.606. The number of hydrogen-bond donors (Lipinski definition) is 1. The molecule has 126 valence electrons. The van der Waals surface area contributed by atoms with Crippen LogP contribution in [0.4, 0.5) is 4.39 Å². The number of amides is 1. The van der Waals surface area contributed by atoms with Crippen molar-refractivity contribution in [2.45, 2.75) is 25.0 Å². The number of pyridine rings is 1. The van der Waals surface area contributed by atoms with E-state index in [0.29, 0.717) is 23.4 Å². The summed E-state index contributed by atoms with van der Waals surface area (Å²) in [7, 11) is 1.55. The van der Waals surface area contributed by atoms with Gasteiger partial charge in [-0.25, -0.2) is 4.39 Å². The van der Waals surface area contributed by atoms with E-state index in [1.165, 1.54) is 12.1 Å². The zero-order valence-corrected chi connectivity index (χ0v) is 13.4. The molecule has 2 heterocycles. The van der Waals surface area contributed by atoms with Crippen molar-refractivity contribution in [3.05, 3.63) is 59.7 Å². The molecule has 0 bridgehead atoms. The van der Waals surface area contributed by atoms with Gasteiger partial charge in [-0.2, -0.15) is 0 Å². The van der Waals surface area contributed by atoms with Crippen LogP contribution in [0.5, 0.6) is 5.75 Å². The van der Waals surface area contributed by atoms with Gasteiger partial charge in [0.1, 0.15) is 11.6 Å². The first kappa shape index (κ1) is 16.4. The van der Waals surface area contributed by atoms with Crippen LogP contribution in [0.15, 0.2) is 42.6 Å². The summed E-state index contributed by atoms with van der Waals surface area (Å²) < 4.78 is 18.5. The van der Waals surface area contributed by atoms with Gasteiger partial charge in [-0.15, -0.1) is 0 Å². The molecule has 1 aromatic carbocycles. The normalized spacial score (nSPS) is 20.2. The van der Waals surface area contributed by atoms with Gasteiger partial charge in [0.25, 0.3) is 0 Å². The third kappa shape index (κ3) is 3.54. The Hall–Kier alpha value is -2.47. The lowest BCUT2D eigenvalue weighted by Crippen LogP contribution is -2.33. The molecular formula is C18H19FN2O3. The Balaban J connectivity index is 1.76. The average molecular weight is 330 g/mol. The Morgan fingerprint density at radius 1 is 1.42 bits per heavy atom. The highest BCUT2D eigenvalue weighted by atomic mass is 19.1. The van der Waals surface area contributed by atoms with Crippen molar-refractivity contribution in [3.63, 3.8) is 0 Å². The molecule has 1 N–H and O–H groups in total. The topological polar surface area (TPSA) is 62.7 Å². The van der Waals surface area contributed by atoms with Gasteiger partial charge in [-0.3, -0.25) is 9.78 Å². The number of nitrogens with zero attached hydrogens (tertiary/aromatic N) is 2. The van der Waals surface area contributed by atoms with E-state index in [1.807, 2.05) is 0 Å². The number of aromatic nitrogens is 1. The Morgan fingerprint density at radius 2 is 2.25 bits per heavy atom. The number of hydrogen-bond acceptors (Lipinski definition) is 4. The number of aliphatic hydroxyl groups is 1. The fourth-order valence-electron chi connectivity index (χ4n) is 3.01. The summed E-state index contributed by atoms with van der Waals surface area (Å²) in [6.07, 6.45) is 1.49. The molecule has 2 atom stereocenters. The van der Waals surface area contributed by atoms with Gasteiger partial charge in [0, 0.05) is 12.2 Å². The second kappa shape index (κ2) is 6.97. The molecule has 5 nitrogen and oxygen atoms in total. The largest absolute Gasteiger partial charge is 0.495 e. The first-order valence-corrected chi connectivity index (χ1v) is 7.78. The monoisotopic (exact) mass is 330 g/mol. The van der Waals surface area contributed by atoms with Crippen molar-refractivity contribution in [1.82, 2.24) is 9.88 Å². The molecule has 1 saturated heterocycles. The summed E-state index contributed by atoms with van der Waals surface area (Å²) >= 11 is 0. The number of methoxy groups -OCH3 is 1. The Bertz CT molecular complexity index is 720. The number of rotatable bonds is 4. The number of halogens is 1. The number of carbonyl (C=O) groups is 1. The maximum Gasteiger partial charge on any atom is 0.229 e. The standard InChI is InChI=1S/C18H19FN2O3/c1-24-16-6-5-14(20-10-16)8-18(23)21-11-15(22)9-17(21)12-3-2-4-13(19)7-12/h2-7,10,15,17,22H,8-9,11H2,1H3/t15-,17+/m1/s1. The molecule has 1 aliphatic heterocycles. The highest BCUT2D eigenvalue weighted by Crippen LogP contribution is 2.33. The van der Waals surface area contributed by atoms with Crippen LogP contribution in [0.25, 0.3) is 0 Å². The summed E-state index contributed by atoms with van der Waals surface area (Å²) in [5.41, 5.74) is 1.32. The van der Waals surface area contributed by atoms with Gasteiger partial charge < -0.3 is 14.7 Å². The molecule has 2 aromatic rings. The van der Waals surface area contributed by atoms with Crippen molar-refractivity contribution >= 4 is 5.91 Å². The quantitative estimate of drug-likeness (QED) is 0.933. The van der Waals surface area contributed by atoms with E-state index in [-0.39, 0.29) is 30.7 Å². The molecule has 1 fully saturated rings. The third-order valence-corrected chi connectivity index (χ3v) is 4.20. The SMILES string of the molecule is COc1ccc(CC(=O)N2C[C@H](O)C[C@H]2c2cccc(F)c2)nc1. The zero-order valence-electron chi connectivity index (χ0n) is 13.4. The van der Waals surface area contributed by atoms with E-state index in [0.717, 1.165) is 0 Å². The van der Waals surface area contributed by atoms with Gasteiger partial charge >= 0.3 is 0 Å². The van der Waals surface area contributed by atoms with Crippen molar-refractivity contribution in [1.29, 1.82) is 0 Å². The van der Waals surface area contributed by atoms with E-state index in [1.54, 1.807) is 42.5 Å².